The summed E-state index contributed by atoms with van der Waals surface area (Å²) >= 11 is 0. The first-order valence-corrected chi connectivity index (χ1v) is 13.1. The molecule has 0 aliphatic carbocycles. The Morgan fingerprint density at radius 3 is 2.59 bits per heavy atom. The van der Waals surface area contributed by atoms with Crippen molar-refractivity contribution in [2.24, 2.45) is 0 Å². The van der Waals surface area contributed by atoms with Crippen LogP contribution in [0, 0.1) is 0 Å². The zero-order chi connectivity index (χ0) is 25.5. The zero-order valence-electron chi connectivity index (χ0n) is 21.5. The van der Waals surface area contributed by atoms with Crippen molar-refractivity contribution in [1.29, 1.82) is 0 Å². The van der Waals surface area contributed by atoms with Gasteiger partial charge in [-0.05, 0) is 30.5 Å². The van der Waals surface area contributed by atoms with Crippen LogP contribution >= 0.6 is 0 Å². The largest absolute Gasteiger partial charge is 0.497 e. The second kappa shape index (κ2) is 12.2. The fourth-order valence-corrected chi connectivity index (χ4v) is 4.75. The number of hydrogen-bond donors (Lipinski definition) is 2. The van der Waals surface area contributed by atoms with Crippen LogP contribution in [0.1, 0.15) is 18.4 Å². The predicted octanol–water partition coefficient (Wildman–Crippen LogP) is 1.86. The first kappa shape index (κ1) is 25.2. The van der Waals surface area contributed by atoms with E-state index in [2.05, 4.69) is 32.7 Å². The number of rotatable bonds is 12. The third-order valence-corrected chi connectivity index (χ3v) is 6.93. The van der Waals surface area contributed by atoms with Gasteiger partial charge in [-0.1, -0.05) is 12.1 Å². The van der Waals surface area contributed by atoms with Crippen molar-refractivity contribution in [3.63, 3.8) is 0 Å². The normalized spacial score (nSPS) is 16.5. The van der Waals surface area contributed by atoms with Crippen LogP contribution in [0.3, 0.4) is 0 Å². The van der Waals surface area contributed by atoms with E-state index >= 15 is 0 Å². The van der Waals surface area contributed by atoms with Gasteiger partial charge in [-0.15, -0.1) is 0 Å². The molecule has 11 heteroatoms. The lowest BCUT2D eigenvalue weighted by molar-refractivity contribution is -0.127. The molecule has 1 amide bonds. The summed E-state index contributed by atoms with van der Waals surface area (Å²) in [6.07, 6.45) is 4.22. The average molecular weight is 509 g/mol. The van der Waals surface area contributed by atoms with Crippen molar-refractivity contribution in [3.8, 4) is 5.75 Å². The number of anilines is 2. The summed E-state index contributed by atoms with van der Waals surface area (Å²) in [5.74, 6) is 2.36. The van der Waals surface area contributed by atoms with Crippen molar-refractivity contribution < 1.29 is 14.3 Å². The van der Waals surface area contributed by atoms with Crippen molar-refractivity contribution in [2.45, 2.75) is 25.8 Å². The number of benzene rings is 1. The zero-order valence-corrected chi connectivity index (χ0v) is 21.5. The number of ether oxygens (including phenoxy) is 2. The standard InChI is InChI=1S/C26H36N8O3/c1-36-21-6-4-20(5-7-21)8-9-27-24-23-25(34(19-29-23)14-13-33-11-2-3-22(33)35)31-26(30-24)28-10-12-32-15-17-37-18-16-32/h4-7,19H,2-3,8-18H2,1H3,(H2,27,28,30,31). The van der Waals surface area contributed by atoms with Crippen LogP contribution in [0.2, 0.25) is 0 Å². The first-order chi connectivity index (χ1) is 18.2. The van der Waals surface area contributed by atoms with Gasteiger partial charge in [0.15, 0.2) is 17.0 Å². The minimum absolute atomic E-state index is 0.227. The average Bonchev–Trinajstić information content (AvgIpc) is 3.54. The maximum Gasteiger partial charge on any atom is 0.226 e. The molecule has 5 rings (SSSR count). The highest BCUT2D eigenvalue weighted by molar-refractivity contribution is 5.84. The van der Waals surface area contributed by atoms with E-state index < -0.39 is 0 Å². The van der Waals surface area contributed by atoms with Gasteiger partial charge in [0.25, 0.3) is 0 Å². The first-order valence-electron chi connectivity index (χ1n) is 13.1. The summed E-state index contributed by atoms with van der Waals surface area (Å²) in [6.45, 7) is 7.95. The smallest absolute Gasteiger partial charge is 0.226 e. The number of fused-ring (bicyclic) bond motifs is 1. The third kappa shape index (κ3) is 6.47. The Morgan fingerprint density at radius 2 is 1.84 bits per heavy atom. The van der Waals surface area contributed by atoms with E-state index in [4.69, 9.17) is 19.4 Å². The van der Waals surface area contributed by atoms with Gasteiger partial charge >= 0.3 is 0 Å². The minimum Gasteiger partial charge on any atom is -0.497 e. The van der Waals surface area contributed by atoms with Gasteiger partial charge in [0.2, 0.25) is 11.9 Å². The van der Waals surface area contributed by atoms with E-state index in [1.165, 1.54) is 5.56 Å². The highest BCUT2D eigenvalue weighted by atomic mass is 16.5. The third-order valence-electron chi connectivity index (χ3n) is 6.93. The van der Waals surface area contributed by atoms with Crippen molar-refractivity contribution >= 4 is 28.8 Å². The number of carbonyl (C=O) groups excluding carboxylic acids is 1. The maximum atomic E-state index is 12.1. The van der Waals surface area contributed by atoms with Crippen LogP contribution in [-0.4, -0.2) is 101 Å². The molecule has 2 aliphatic rings. The number of imidazole rings is 1. The van der Waals surface area contributed by atoms with Gasteiger partial charge in [-0.3, -0.25) is 9.69 Å². The molecule has 4 heterocycles. The van der Waals surface area contributed by atoms with E-state index in [0.717, 1.165) is 75.7 Å². The Morgan fingerprint density at radius 1 is 1.00 bits per heavy atom. The lowest BCUT2D eigenvalue weighted by Crippen LogP contribution is -2.39. The summed E-state index contributed by atoms with van der Waals surface area (Å²) in [4.78, 5) is 30.6. The second-order valence-electron chi connectivity index (χ2n) is 9.40. The van der Waals surface area contributed by atoms with Crippen LogP contribution in [0.4, 0.5) is 11.8 Å². The highest BCUT2D eigenvalue weighted by Crippen LogP contribution is 2.22. The molecule has 2 fully saturated rings. The topological polar surface area (TPSA) is 110 Å². The Bertz CT molecular complexity index is 1180. The molecule has 2 aromatic heterocycles. The lowest BCUT2D eigenvalue weighted by atomic mass is 10.1. The number of nitrogens with zero attached hydrogens (tertiary/aromatic N) is 6. The Balaban J connectivity index is 1.28. The molecular formula is C26H36N8O3. The molecule has 0 bridgehead atoms. The van der Waals surface area contributed by atoms with Gasteiger partial charge in [0, 0.05) is 58.8 Å². The number of carbonyl (C=O) groups is 1. The number of morpholine rings is 1. The van der Waals surface area contributed by atoms with E-state index in [0.29, 0.717) is 37.8 Å². The second-order valence-corrected chi connectivity index (χ2v) is 9.40. The summed E-state index contributed by atoms with van der Waals surface area (Å²) in [7, 11) is 1.67. The minimum atomic E-state index is 0.227. The molecule has 1 aromatic carbocycles. The number of nitrogens with one attached hydrogen (secondary N) is 2. The van der Waals surface area contributed by atoms with E-state index in [1.807, 2.05) is 21.6 Å². The molecule has 0 spiro atoms. The van der Waals surface area contributed by atoms with E-state index in [-0.39, 0.29) is 5.91 Å². The molecule has 3 aromatic rings. The fraction of sp³-hybridized carbons (Fsp3) is 0.538. The van der Waals surface area contributed by atoms with E-state index in [9.17, 15) is 4.79 Å². The maximum absolute atomic E-state index is 12.1. The van der Waals surface area contributed by atoms with Gasteiger partial charge < -0.3 is 29.6 Å². The number of amides is 1. The number of methoxy groups -OCH3 is 1. The molecule has 0 radical (unpaired) electrons. The van der Waals surface area contributed by atoms with Crippen LogP contribution in [-0.2, 0) is 22.5 Å². The summed E-state index contributed by atoms with van der Waals surface area (Å²) in [5, 5.41) is 6.88. The monoisotopic (exact) mass is 508 g/mol. The molecule has 198 valence electrons. The molecule has 0 unspecified atom stereocenters. The number of likely N-dealkylation sites (tertiary alicyclic amines) is 1. The fourth-order valence-electron chi connectivity index (χ4n) is 4.75. The molecule has 2 aliphatic heterocycles. The van der Waals surface area contributed by atoms with Crippen molar-refractivity contribution in [1.82, 2.24) is 29.3 Å². The van der Waals surface area contributed by atoms with Crippen molar-refractivity contribution in [3.05, 3.63) is 36.2 Å². The molecule has 37 heavy (non-hydrogen) atoms. The summed E-state index contributed by atoms with van der Waals surface area (Å²) in [5.41, 5.74) is 2.71. The van der Waals surface area contributed by atoms with E-state index in [1.54, 1.807) is 13.4 Å². The highest BCUT2D eigenvalue weighted by Gasteiger charge is 2.20. The van der Waals surface area contributed by atoms with Gasteiger partial charge in [-0.2, -0.15) is 9.97 Å². The SMILES string of the molecule is COc1ccc(CCNc2nc(NCCN3CCOCC3)nc3c2ncn3CCN2CCCC2=O)cc1. The van der Waals surface area contributed by atoms with Gasteiger partial charge in [0.05, 0.1) is 26.7 Å². The van der Waals surface area contributed by atoms with Gasteiger partial charge in [0.1, 0.15) is 5.75 Å². The van der Waals surface area contributed by atoms with Crippen molar-refractivity contribution in [2.75, 3.05) is 76.8 Å². The number of hydrogen-bond acceptors (Lipinski definition) is 9. The summed E-state index contributed by atoms with van der Waals surface area (Å²) < 4.78 is 12.7. The number of aromatic nitrogens is 4. The molecule has 0 atom stereocenters. The van der Waals surface area contributed by atoms with Crippen LogP contribution < -0.4 is 15.4 Å². The predicted molar refractivity (Wildman–Crippen MR) is 142 cm³/mol. The quantitative estimate of drug-likeness (QED) is 0.379. The van der Waals surface area contributed by atoms with Crippen LogP contribution in [0.15, 0.2) is 30.6 Å². The Hall–Kier alpha value is -3.44. The van der Waals surface area contributed by atoms with Gasteiger partial charge in [-0.25, -0.2) is 4.98 Å². The summed E-state index contributed by atoms with van der Waals surface area (Å²) in [6, 6.07) is 8.09. The van der Waals surface area contributed by atoms with Crippen LogP contribution in [0.5, 0.6) is 5.75 Å². The van der Waals surface area contributed by atoms with Crippen LogP contribution in [0.25, 0.3) is 11.2 Å². The molecule has 0 saturated carbocycles. The molecular weight excluding hydrogens is 472 g/mol. The Labute approximate surface area is 217 Å². The lowest BCUT2D eigenvalue weighted by Gasteiger charge is -2.26. The molecule has 2 saturated heterocycles. The molecule has 2 N–H and O–H groups in total. The molecule has 11 nitrogen and oxygen atoms in total. The Kier molecular flexibility index (Phi) is 8.32.